The summed E-state index contributed by atoms with van der Waals surface area (Å²) in [5, 5.41) is 3.56. The van der Waals surface area contributed by atoms with Gasteiger partial charge in [0.15, 0.2) is 0 Å². The van der Waals surface area contributed by atoms with Gasteiger partial charge in [-0.3, -0.25) is 4.57 Å². The fourth-order valence-electron chi connectivity index (χ4n) is 2.36. The van der Waals surface area contributed by atoms with E-state index in [9.17, 15) is 0 Å². The zero-order valence-electron chi connectivity index (χ0n) is 12.1. The van der Waals surface area contributed by atoms with Crippen LogP contribution in [0.2, 0.25) is 0 Å². The first-order chi connectivity index (χ1) is 9.22. The number of hydrogen-bond donors (Lipinski definition) is 1. The van der Waals surface area contributed by atoms with E-state index in [1.807, 2.05) is 19.2 Å². The number of imidazole rings is 1. The van der Waals surface area contributed by atoms with Crippen molar-refractivity contribution in [1.29, 1.82) is 0 Å². The SMILES string of the molecule is CCCC(C)NCc1cnc(C)n1-c1ccccc1. The van der Waals surface area contributed by atoms with Crippen LogP contribution in [-0.2, 0) is 6.54 Å². The molecule has 1 heterocycles. The van der Waals surface area contributed by atoms with E-state index in [-0.39, 0.29) is 0 Å². The monoisotopic (exact) mass is 257 g/mol. The molecule has 1 unspecified atom stereocenters. The highest BCUT2D eigenvalue weighted by atomic mass is 15.1. The fraction of sp³-hybridized carbons (Fsp3) is 0.438. The molecule has 0 saturated carbocycles. The zero-order chi connectivity index (χ0) is 13.7. The number of nitrogens with zero attached hydrogens (tertiary/aromatic N) is 2. The second kappa shape index (κ2) is 6.53. The Morgan fingerprint density at radius 1 is 1.26 bits per heavy atom. The Morgan fingerprint density at radius 2 is 2.00 bits per heavy atom. The highest BCUT2D eigenvalue weighted by Gasteiger charge is 2.09. The normalized spacial score (nSPS) is 12.6. The van der Waals surface area contributed by atoms with Crippen LogP contribution in [0.4, 0.5) is 0 Å². The first kappa shape index (κ1) is 13.8. The maximum atomic E-state index is 4.44. The topological polar surface area (TPSA) is 29.9 Å². The Kier molecular flexibility index (Phi) is 4.74. The van der Waals surface area contributed by atoms with Gasteiger partial charge in [-0.2, -0.15) is 0 Å². The molecular formula is C16H23N3. The molecular weight excluding hydrogens is 234 g/mol. The minimum atomic E-state index is 0.546. The number of hydrogen-bond acceptors (Lipinski definition) is 2. The van der Waals surface area contributed by atoms with Gasteiger partial charge < -0.3 is 5.32 Å². The van der Waals surface area contributed by atoms with Crippen LogP contribution in [-0.4, -0.2) is 15.6 Å². The molecule has 0 saturated heterocycles. The van der Waals surface area contributed by atoms with Crippen LogP contribution in [0.1, 0.15) is 38.2 Å². The summed E-state index contributed by atoms with van der Waals surface area (Å²) >= 11 is 0. The second-order valence-corrected chi connectivity index (χ2v) is 5.04. The van der Waals surface area contributed by atoms with Gasteiger partial charge in [-0.1, -0.05) is 31.5 Å². The van der Waals surface area contributed by atoms with Crippen LogP contribution in [0.3, 0.4) is 0 Å². The number of aryl methyl sites for hydroxylation is 1. The third kappa shape index (κ3) is 3.44. The predicted octanol–water partition coefficient (Wildman–Crippen LogP) is 3.46. The number of para-hydroxylation sites is 1. The van der Waals surface area contributed by atoms with Crippen molar-refractivity contribution in [3.8, 4) is 5.69 Å². The van der Waals surface area contributed by atoms with E-state index >= 15 is 0 Å². The number of nitrogens with one attached hydrogen (secondary N) is 1. The average Bonchev–Trinajstić information content (AvgIpc) is 2.79. The lowest BCUT2D eigenvalue weighted by Crippen LogP contribution is -2.26. The molecule has 0 fully saturated rings. The van der Waals surface area contributed by atoms with Gasteiger partial charge in [0.05, 0.1) is 11.9 Å². The summed E-state index contributed by atoms with van der Waals surface area (Å²) in [7, 11) is 0. The molecule has 19 heavy (non-hydrogen) atoms. The average molecular weight is 257 g/mol. The molecule has 0 spiro atoms. The molecule has 0 amide bonds. The molecule has 2 aromatic rings. The Bertz CT molecular complexity index is 502. The zero-order valence-corrected chi connectivity index (χ0v) is 12.1. The smallest absolute Gasteiger partial charge is 0.110 e. The molecule has 1 aromatic heterocycles. The van der Waals surface area contributed by atoms with E-state index in [0.717, 1.165) is 12.4 Å². The third-order valence-corrected chi connectivity index (χ3v) is 3.38. The molecule has 1 aromatic carbocycles. The Morgan fingerprint density at radius 3 is 2.68 bits per heavy atom. The van der Waals surface area contributed by atoms with Gasteiger partial charge in [-0.05, 0) is 32.4 Å². The summed E-state index contributed by atoms with van der Waals surface area (Å²) in [6, 6.07) is 10.9. The standard InChI is InChI=1S/C16H23N3/c1-4-8-13(2)17-11-16-12-18-14(3)19(16)15-9-6-5-7-10-15/h5-7,9-10,12-13,17H,4,8,11H2,1-3H3. The van der Waals surface area contributed by atoms with Crippen molar-refractivity contribution < 1.29 is 0 Å². The molecule has 1 N–H and O–H groups in total. The minimum Gasteiger partial charge on any atom is -0.309 e. The molecule has 2 rings (SSSR count). The van der Waals surface area contributed by atoms with Gasteiger partial charge >= 0.3 is 0 Å². The molecule has 102 valence electrons. The molecule has 0 aliphatic heterocycles. The van der Waals surface area contributed by atoms with Crippen LogP contribution < -0.4 is 5.32 Å². The van der Waals surface area contributed by atoms with E-state index in [0.29, 0.717) is 6.04 Å². The lowest BCUT2D eigenvalue weighted by atomic mass is 10.2. The van der Waals surface area contributed by atoms with E-state index in [2.05, 4.69) is 53.0 Å². The molecule has 0 bridgehead atoms. The van der Waals surface area contributed by atoms with E-state index in [1.165, 1.54) is 24.2 Å². The summed E-state index contributed by atoms with van der Waals surface area (Å²) in [5.74, 6) is 1.03. The van der Waals surface area contributed by atoms with Crippen molar-refractivity contribution in [2.75, 3.05) is 0 Å². The summed E-state index contributed by atoms with van der Waals surface area (Å²) in [6.45, 7) is 7.36. The van der Waals surface area contributed by atoms with Crippen LogP contribution in [0.25, 0.3) is 5.69 Å². The van der Waals surface area contributed by atoms with E-state index in [1.54, 1.807) is 0 Å². The van der Waals surface area contributed by atoms with Gasteiger partial charge in [-0.15, -0.1) is 0 Å². The molecule has 3 heteroatoms. The van der Waals surface area contributed by atoms with Gasteiger partial charge in [0.2, 0.25) is 0 Å². The molecule has 0 aliphatic rings. The largest absolute Gasteiger partial charge is 0.309 e. The van der Waals surface area contributed by atoms with Crippen LogP contribution in [0, 0.1) is 6.92 Å². The summed E-state index contributed by atoms with van der Waals surface area (Å²) in [4.78, 5) is 4.44. The highest BCUT2D eigenvalue weighted by Crippen LogP contribution is 2.14. The quantitative estimate of drug-likeness (QED) is 0.859. The first-order valence-electron chi connectivity index (χ1n) is 7.04. The fourth-order valence-corrected chi connectivity index (χ4v) is 2.36. The first-order valence-corrected chi connectivity index (χ1v) is 7.04. The Balaban J connectivity index is 2.14. The summed E-state index contributed by atoms with van der Waals surface area (Å²) in [5.41, 5.74) is 2.39. The Labute approximate surface area is 115 Å². The Hall–Kier alpha value is -1.61. The van der Waals surface area contributed by atoms with Gasteiger partial charge in [-0.25, -0.2) is 4.98 Å². The molecule has 0 aliphatic carbocycles. The van der Waals surface area contributed by atoms with Crippen molar-refractivity contribution in [3.05, 3.63) is 48.0 Å². The van der Waals surface area contributed by atoms with E-state index in [4.69, 9.17) is 0 Å². The predicted molar refractivity (Wildman–Crippen MR) is 79.5 cm³/mol. The maximum Gasteiger partial charge on any atom is 0.110 e. The number of aromatic nitrogens is 2. The molecule has 3 nitrogen and oxygen atoms in total. The third-order valence-electron chi connectivity index (χ3n) is 3.38. The molecule has 0 radical (unpaired) electrons. The van der Waals surface area contributed by atoms with Crippen molar-refractivity contribution in [3.63, 3.8) is 0 Å². The lowest BCUT2D eigenvalue weighted by molar-refractivity contribution is 0.501. The van der Waals surface area contributed by atoms with Crippen LogP contribution in [0.5, 0.6) is 0 Å². The number of benzene rings is 1. The second-order valence-electron chi connectivity index (χ2n) is 5.04. The van der Waals surface area contributed by atoms with Crippen molar-refractivity contribution in [2.45, 2.75) is 46.2 Å². The van der Waals surface area contributed by atoms with Crippen LogP contribution >= 0.6 is 0 Å². The summed E-state index contributed by atoms with van der Waals surface area (Å²) < 4.78 is 2.21. The van der Waals surface area contributed by atoms with Crippen molar-refractivity contribution in [1.82, 2.24) is 14.9 Å². The van der Waals surface area contributed by atoms with Crippen molar-refractivity contribution >= 4 is 0 Å². The molecule has 1 atom stereocenters. The van der Waals surface area contributed by atoms with Gasteiger partial charge in [0.1, 0.15) is 5.82 Å². The lowest BCUT2D eigenvalue weighted by Gasteiger charge is -2.15. The van der Waals surface area contributed by atoms with E-state index < -0.39 is 0 Å². The maximum absolute atomic E-state index is 4.44. The van der Waals surface area contributed by atoms with Crippen LogP contribution in [0.15, 0.2) is 36.5 Å². The summed E-state index contributed by atoms with van der Waals surface area (Å²) in [6.07, 6.45) is 4.39. The van der Waals surface area contributed by atoms with Gasteiger partial charge in [0.25, 0.3) is 0 Å². The number of rotatable bonds is 6. The highest BCUT2D eigenvalue weighted by molar-refractivity contribution is 5.35. The van der Waals surface area contributed by atoms with Gasteiger partial charge in [0, 0.05) is 18.3 Å². The van der Waals surface area contributed by atoms with Crippen molar-refractivity contribution in [2.24, 2.45) is 0 Å². The minimum absolute atomic E-state index is 0.546.